The molecular formula is C25H38O3. The van der Waals surface area contributed by atoms with Gasteiger partial charge in [-0.2, -0.15) is 0 Å². The number of hydrogen-bond acceptors (Lipinski definition) is 3. The second-order valence-electron chi connectivity index (χ2n) is 12.1. The molecule has 0 aromatic carbocycles. The van der Waals surface area contributed by atoms with E-state index in [4.69, 9.17) is 4.74 Å². The van der Waals surface area contributed by atoms with Crippen LogP contribution in [0.1, 0.15) is 91.4 Å². The number of fused-ring (bicyclic) bond motifs is 6. The van der Waals surface area contributed by atoms with E-state index >= 15 is 0 Å². The highest BCUT2D eigenvalue weighted by atomic mass is 16.6. The van der Waals surface area contributed by atoms with Crippen LogP contribution in [-0.4, -0.2) is 28.7 Å². The van der Waals surface area contributed by atoms with E-state index < -0.39 is 0 Å². The Hall–Kier alpha value is -0.410. The van der Waals surface area contributed by atoms with Crippen molar-refractivity contribution in [1.29, 1.82) is 0 Å². The highest BCUT2D eigenvalue weighted by Crippen LogP contribution is 2.77. The third-order valence-corrected chi connectivity index (χ3v) is 11.7. The Labute approximate surface area is 170 Å². The quantitative estimate of drug-likeness (QED) is 0.652. The Balaban J connectivity index is 1.40. The van der Waals surface area contributed by atoms with Crippen molar-refractivity contribution in [2.45, 2.75) is 109 Å². The van der Waals surface area contributed by atoms with E-state index in [2.05, 4.69) is 13.8 Å². The lowest BCUT2D eigenvalue weighted by Gasteiger charge is -2.61. The van der Waals surface area contributed by atoms with Crippen molar-refractivity contribution >= 4 is 5.78 Å². The zero-order valence-corrected chi connectivity index (χ0v) is 18.0. The molecule has 156 valence electrons. The standard InChI is InChI=1S/C25H38O3/c1-15(26)24-9-5-4-6-16(24)12-20-18-13-21-25(28-21)14-17(27)7-10-23(25,3)19(18)8-11-22(20,24)2/h16-21,27H,4-14H2,1-3H3/t16-,17-,18-,19+,20-,21+,22-,23+,24-,25+/m0/s1. The average molecular weight is 387 g/mol. The number of epoxide rings is 1. The average Bonchev–Trinajstić information content (AvgIpc) is 3.27. The van der Waals surface area contributed by atoms with Gasteiger partial charge in [-0.15, -0.1) is 0 Å². The number of rotatable bonds is 1. The summed E-state index contributed by atoms with van der Waals surface area (Å²) in [6, 6.07) is 0. The van der Waals surface area contributed by atoms with Gasteiger partial charge in [-0.25, -0.2) is 0 Å². The van der Waals surface area contributed by atoms with Gasteiger partial charge in [-0.1, -0.05) is 26.7 Å². The lowest BCUT2D eigenvalue weighted by atomic mass is 9.42. The predicted molar refractivity (Wildman–Crippen MR) is 108 cm³/mol. The van der Waals surface area contributed by atoms with Crippen molar-refractivity contribution in [1.82, 2.24) is 0 Å². The Morgan fingerprint density at radius 3 is 2.54 bits per heavy atom. The van der Waals surface area contributed by atoms with E-state index in [1.165, 1.54) is 44.9 Å². The van der Waals surface area contributed by atoms with Crippen LogP contribution >= 0.6 is 0 Å². The fraction of sp³-hybridized carbons (Fsp3) is 0.960. The normalized spacial score (nSPS) is 62.0. The molecule has 10 atom stereocenters. The summed E-state index contributed by atoms with van der Waals surface area (Å²) in [7, 11) is 0. The van der Waals surface area contributed by atoms with Crippen molar-refractivity contribution < 1.29 is 14.6 Å². The van der Waals surface area contributed by atoms with Crippen LogP contribution in [0.4, 0.5) is 0 Å². The fourth-order valence-electron chi connectivity index (χ4n) is 10.5. The second-order valence-corrected chi connectivity index (χ2v) is 12.1. The number of carbonyl (C=O) groups is 1. The van der Waals surface area contributed by atoms with Gasteiger partial charge >= 0.3 is 0 Å². The van der Waals surface area contributed by atoms with Gasteiger partial charge in [0, 0.05) is 17.3 Å². The first-order valence-electron chi connectivity index (χ1n) is 12.2. The fourth-order valence-corrected chi connectivity index (χ4v) is 10.5. The topological polar surface area (TPSA) is 49.8 Å². The van der Waals surface area contributed by atoms with Gasteiger partial charge in [-0.3, -0.25) is 4.79 Å². The first kappa shape index (κ1) is 18.4. The Morgan fingerprint density at radius 2 is 1.75 bits per heavy atom. The molecule has 28 heavy (non-hydrogen) atoms. The first-order chi connectivity index (χ1) is 13.3. The third kappa shape index (κ3) is 1.84. The van der Waals surface area contributed by atoms with Gasteiger partial charge in [0.05, 0.1) is 12.2 Å². The van der Waals surface area contributed by atoms with Crippen molar-refractivity contribution in [3.8, 4) is 0 Å². The maximum absolute atomic E-state index is 13.2. The Morgan fingerprint density at radius 1 is 0.964 bits per heavy atom. The molecule has 1 spiro atoms. The van der Waals surface area contributed by atoms with Gasteiger partial charge in [-0.05, 0) is 87.4 Å². The van der Waals surface area contributed by atoms with E-state index in [9.17, 15) is 9.90 Å². The van der Waals surface area contributed by atoms with Crippen LogP contribution in [-0.2, 0) is 9.53 Å². The number of hydrogen-bond donors (Lipinski definition) is 1. The molecule has 0 amide bonds. The number of Topliss-reactive ketones (excluding diaryl/α,β-unsaturated/α-hetero) is 1. The SMILES string of the molecule is CC(=O)[C@@]12CCCC[C@H]1C[C@H]1[C@H]3C[C@H]4O[C@]45C[C@@H](O)CC[C@]5(C)[C@@H]3CC[C@@]12C. The van der Waals surface area contributed by atoms with Crippen LogP contribution in [0.5, 0.6) is 0 Å². The smallest absolute Gasteiger partial charge is 0.136 e. The molecule has 3 nitrogen and oxygen atoms in total. The molecule has 3 heteroatoms. The van der Waals surface area contributed by atoms with Gasteiger partial charge in [0.25, 0.3) is 0 Å². The molecule has 1 N–H and O–H groups in total. The lowest BCUT2D eigenvalue weighted by molar-refractivity contribution is -0.154. The molecule has 0 unspecified atom stereocenters. The third-order valence-electron chi connectivity index (χ3n) is 11.7. The molecule has 5 saturated carbocycles. The molecular weight excluding hydrogens is 348 g/mol. The van der Waals surface area contributed by atoms with E-state index in [0.29, 0.717) is 23.7 Å². The minimum Gasteiger partial charge on any atom is -0.393 e. The summed E-state index contributed by atoms with van der Waals surface area (Å²) in [6.07, 6.45) is 13.1. The molecule has 0 aromatic heterocycles. The Bertz CT molecular complexity index is 719. The zero-order chi connectivity index (χ0) is 19.5. The molecule has 6 aliphatic rings. The highest BCUT2D eigenvalue weighted by Gasteiger charge is 2.77. The molecule has 6 fully saturated rings. The number of aliphatic hydroxyl groups excluding tert-OH is 1. The predicted octanol–water partition coefficient (Wildman–Crippen LogP) is 4.90. The molecule has 1 aliphatic heterocycles. The lowest BCUT2D eigenvalue weighted by Crippen LogP contribution is -2.60. The van der Waals surface area contributed by atoms with Gasteiger partial charge in [0.15, 0.2) is 0 Å². The minimum atomic E-state index is -0.168. The Kier molecular flexibility index (Phi) is 3.57. The zero-order valence-electron chi connectivity index (χ0n) is 18.0. The first-order valence-corrected chi connectivity index (χ1v) is 12.2. The molecule has 0 aromatic rings. The molecule has 5 aliphatic carbocycles. The van der Waals surface area contributed by atoms with E-state index in [0.717, 1.165) is 37.5 Å². The van der Waals surface area contributed by atoms with Crippen LogP contribution in [0.25, 0.3) is 0 Å². The number of ketones is 1. The summed E-state index contributed by atoms with van der Waals surface area (Å²) >= 11 is 0. The van der Waals surface area contributed by atoms with Gasteiger partial charge in [0.1, 0.15) is 11.4 Å². The second kappa shape index (κ2) is 5.44. The maximum atomic E-state index is 13.2. The summed E-state index contributed by atoms with van der Waals surface area (Å²) in [4.78, 5) is 13.2. The summed E-state index contributed by atoms with van der Waals surface area (Å²) < 4.78 is 6.48. The maximum Gasteiger partial charge on any atom is 0.136 e. The van der Waals surface area contributed by atoms with Crippen molar-refractivity contribution in [3.05, 3.63) is 0 Å². The monoisotopic (exact) mass is 386 g/mol. The molecule has 0 radical (unpaired) electrons. The van der Waals surface area contributed by atoms with Crippen LogP contribution < -0.4 is 0 Å². The number of aliphatic hydroxyl groups is 1. The summed E-state index contributed by atoms with van der Waals surface area (Å²) in [5.41, 5.74) is 0.371. The molecule has 6 rings (SSSR count). The largest absolute Gasteiger partial charge is 0.393 e. The molecule has 1 heterocycles. The summed E-state index contributed by atoms with van der Waals surface area (Å²) in [5.74, 6) is 3.27. The van der Waals surface area contributed by atoms with Crippen LogP contribution in [0, 0.1) is 39.9 Å². The van der Waals surface area contributed by atoms with E-state index in [1.54, 1.807) is 0 Å². The van der Waals surface area contributed by atoms with Gasteiger partial charge in [0.2, 0.25) is 0 Å². The van der Waals surface area contributed by atoms with E-state index in [1.807, 2.05) is 6.92 Å². The molecule has 0 bridgehead atoms. The van der Waals surface area contributed by atoms with Gasteiger partial charge < -0.3 is 9.84 Å². The van der Waals surface area contributed by atoms with Crippen LogP contribution in [0.2, 0.25) is 0 Å². The number of carbonyl (C=O) groups excluding carboxylic acids is 1. The number of ether oxygens (including phenoxy) is 1. The van der Waals surface area contributed by atoms with Crippen molar-refractivity contribution in [3.63, 3.8) is 0 Å². The summed E-state index contributed by atoms with van der Waals surface area (Å²) in [5, 5.41) is 10.4. The molecule has 1 saturated heterocycles. The van der Waals surface area contributed by atoms with Crippen molar-refractivity contribution in [2.75, 3.05) is 0 Å². The highest BCUT2D eigenvalue weighted by molar-refractivity contribution is 5.84. The summed E-state index contributed by atoms with van der Waals surface area (Å²) in [6.45, 7) is 6.93. The van der Waals surface area contributed by atoms with E-state index in [-0.39, 0.29) is 27.9 Å². The minimum absolute atomic E-state index is 0.0246. The van der Waals surface area contributed by atoms with Crippen LogP contribution in [0.3, 0.4) is 0 Å². The van der Waals surface area contributed by atoms with Crippen LogP contribution in [0.15, 0.2) is 0 Å². The van der Waals surface area contributed by atoms with Crippen molar-refractivity contribution in [2.24, 2.45) is 39.9 Å².